The summed E-state index contributed by atoms with van der Waals surface area (Å²) in [5.74, 6) is -0.783. The van der Waals surface area contributed by atoms with Gasteiger partial charge in [0.1, 0.15) is 0 Å². The molecular weight excluding hydrogens is 249 g/mol. The molecule has 0 fully saturated rings. The van der Waals surface area contributed by atoms with Gasteiger partial charge in [-0.2, -0.15) is 0 Å². The number of ether oxygens (including phenoxy) is 1. The lowest BCUT2D eigenvalue weighted by molar-refractivity contribution is 0.0578. The van der Waals surface area contributed by atoms with Crippen LogP contribution in [0.2, 0.25) is 0 Å². The molecule has 19 heavy (non-hydrogen) atoms. The quantitative estimate of drug-likeness (QED) is 0.890. The molecule has 1 N–H and O–H groups in total. The highest BCUT2D eigenvalue weighted by molar-refractivity contribution is 5.94. The number of hydrogen-bond acceptors (Lipinski definition) is 3. The number of carbonyl (C=O) groups excluding carboxylic acids is 1. The van der Waals surface area contributed by atoms with Crippen LogP contribution >= 0.6 is 0 Å². The number of nitrogens with zero attached hydrogens (tertiary/aromatic N) is 1. The molecular formula is C14H20FNO3. The van der Waals surface area contributed by atoms with Gasteiger partial charge in [0.2, 0.25) is 0 Å². The highest BCUT2D eigenvalue weighted by Crippen LogP contribution is 2.19. The third-order valence-electron chi connectivity index (χ3n) is 2.74. The topological polar surface area (TPSA) is 49.8 Å². The minimum atomic E-state index is -0.630. The van der Waals surface area contributed by atoms with E-state index in [1.54, 1.807) is 6.92 Å². The summed E-state index contributed by atoms with van der Waals surface area (Å²) in [7, 11) is 1.37. The molecule has 0 heterocycles. The second-order valence-corrected chi connectivity index (χ2v) is 4.75. The van der Waals surface area contributed by atoms with Gasteiger partial charge < -0.3 is 14.7 Å². The highest BCUT2D eigenvalue weighted by Gasteiger charge is 2.21. The fourth-order valence-electron chi connectivity index (χ4n) is 1.78. The van der Waals surface area contributed by atoms with Gasteiger partial charge in [0.15, 0.2) is 11.6 Å². The Morgan fingerprint density at radius 3 is 2.47 bits per heavy atom. The first-order valence-corrected chi connectivity index (χ1v) is 6.19. The second kappa shape index (κ2) is 6.52. The molecule has 0 saturated carbocycles. The van der Waals surface area contributed by atoms with E-state index in [0.29, 0.717) is 0 Å². The van der Waals surface area contributed by atoms with Crippen LogP contribution in [0.4, 0.5) is 4.39 Å². The van der Waals surface area contributed by atoms with Crippen molar-refractivity contribution in [1.82, 2.24) is 4.90 Å². The van der Waals surface area contributed by atoms with Crippen molar-refractivity contribution < 1.29 is 19.0 Å². The molecule has 0 aliphatic heterocycles. The predicted molar refractivity (Wildman–Crippen MR) is 70.8 cm³/mol. The Morgan fingerprint density at radius 1 is 1.42 bits per heavy atom. The normalized spacial score (nSPS) is 12.4. The summed E-state index contributed by atoms with van der Waals surface area (Å²) in [5.41, 5.74) is 0.243. The number of aliphatic hydroxyl groups is 1. The van der Waals surface area contributed by atoms with Crippen molar-refractivity contribution in [3.8, 4) is 5.75 Å². The molecule has 0 aliphatic carbocycles. The molecule has 0 radical (unpaired) electrons. The number of benzene rings is 1. The minimum Gasteiger partial charge on any atom is -0.494 e. The van der Waals surface area contributed by atoms with E-state index >= 15 is 0 Å². The Hall–Kier alpha value is -1.62. The van der Waals surface area contributed by atoms with Crippen LogP contribution in [0.15, 0.2) is 18.2 Å². The smallest absolute Gasteiger partial charge is 0.254 e. The summed E-state index contributed by atoms with van der Waals surface area (Å²) in [6.45, 7) is 5.52. The summed E-state index contributed by atoms with van der Waals surface area (Å²) < 4.78 is 18.4. The van der Waals surface area contributed by atoms with Crippen molar-refractivity contribution in [1.29, 1.82) is 0 Å². The number of hydrogen-bond donors (Lipinski definition) is 1. The maximum Gasteiger partial charge on any atom is 0.254 e. The molecule has 1 aromatic rings. The molecule has 1 unspecified atom stereocenters. The Balaban J connectivity index is 2.99. The molecule has 106 valence electrons. The number of methoxy groups -OCH3 is 1. The maximum atomic E-state index is 13.6. The molecule has 4 nitrogen and oxygen atoms in total. The van der Waals surface area contributed by atoms with E-state index in [1.165, 1.54) is 24.1 Å². The Bertz CT molecular complexity index is 446. The second-order valence-electron chi connectivity index (χ2n) is 4.75. The monoisotopic (exact) mass is 269 g/mol. The first kappa shape index (κ1) is 15.4. The number of carbonyl (C=O) groups is 1. The Labute approximate surface area is 112 Å². The predicted octanol–water partition coefficient (Wildman–Crippen LogP) is 2.07. The fourth-order valence-corrected chi connectivity index (χ4v) is 1.78. The van der Waals surface area contributed by atoms with E-state index in [1.807, 2.05) is 13.8 Å². The van der Waals surface area contributed by atoms with Crippen molar-refractivity contribution in [2.24, 2.45) is 0 Å². The zero-order valence-electron chi connectivity index (χ0n) is 11.7. The molecule has 0 aliphatic rings. The lowest BCUT2D eigenvalue weighted by Crippen LogP contribution is -2.41. The van der Waals surface area contributed by atoms with Gasteiger partial charge in [0.25, 0.3) is 5.91 Å². The first-order chi connectivity index (χ1) is 8.86. The summed E-state index contributed by atoms with van der Waals surface area (Å²) in [6, 6.07) is 4.01. The Morgan fingerprint density at radius 2 is 2.05 bits per heavy atom. The van der Waals surface area contributed by atoms with Crippen molar-refractivity contribution in [2.75, 3.05) is 13.7 Å². The van der Waals surface area contributed by atoms with E-state index in [9.17, 15) is 14.3 Å². The van der Waals surface area contributed by atoms with Crippen molar-refractivity contribution in [3.05, 3.63) is 29.6 Å². The summed E-state index contributed by atoms with van der Waals surface area (Å²) >= 11 is 0. The first-order valence-electron chi connectivity index (χ1n) is 6.19. The van der Waals surface area contributed by atoms with Crippen LogP contribution in [-0.2, 0) is 0 Å². The molecule has 5 heteroatoms. The number of rotatable bonds is 5. The van der Waals surface area contributed by atoms with Gasteiger partial charge >= 0.3 is 0 Å². The average molecular weight is 269 g/mol. The van der Waals surface area contributed by atoms with E-state index < -0.39 is 11.9 Å². The van der Waals surface area contributed by atoms with Crippen LogP contribution in [0, 0.1) is 5.82 Å². The van der Waals surface area contributed by atoms with Crippen molar-refractivity contribution in [3.63, 3.8) is 0 Å². The van der Waals surface area contributed by atoms with Crippen LogP contribution in [0.3, 0.4) is 0 Å². The zero-order chi connectivity index (χ0) is 14.6. The SMILES string of the molecule is COc1ccc(C(=O)N(CC(C)O)C(C)C)cc1F. The Kier molecular flexibility index (Phi) is 5.30. The largest absolute Gasteiger partial charge is 0.494 e. The van der Waals surface area contributed by atoms with Crippen LogP contribution in [0.5, 0.6) is 5.75 Å². The minimum absolute atomic E-state index is 0.0766. The van der Waals surface area contributed by atoms with Gasteiger partial charge in [0.05, 0.1) is 13.2 Å². The van der Waals surface area contributed by atoms with Crippen LogP contribution in [0.25, 0.3) is 0 Å². The third-order valence-corrected chi connectivity index (χ3v) is 2.74. The highest BCUT2D eigenvalue weighted by atomic mass is 19.1. The van der Waals surface area contributed by atoms with E-state index in [-0.39, 0.29) is 29.8 Å². The number of amides is 1. The molecule has 1 atom stereocenters. The third kappa shape index (κ3) is 3.92. The molecule has 1 rings (SSSR count). The van der Waals surface area contributed by atoms with Crippen LogP contribution < -0.4 is 4.74 Å². The molecule has 0 bridgehead atoms. The number of halogens is 1. The standard InChI is InChI=1S/C14H20FNO3/c1-9(2)16(8-10(3)17)14(18)11-5-6-13(19-4)12(15)7-11/h5-7,9-10,17H,8H2,1-4H3. The number of aliphatic hydroxyl groups excluding tert-OH is 1. The zero-order valence-corrected chi connectivity index (χ0v) is 11.7. The molecule has 0 spiro atoms. The van der Waals surface area contributed by atoms with E-state index in [4.69, 9.17) is 4.74 Å². The van der Waals surface area contributed by atoms with E-state index in [0.717, 1.165) is 6.07 Å². The van der Waals surface area contributed by atoms with E-state index in [2.05, 4.69) is 0 Å². The van der Waals surface area contributed by atoms with Crippen LogP contribution in [0.1, 0.15) is 31.1 Å². The van der Waals surface area contributed by atoms with Gasteiger partial charge in [-0.1, -0.05) is 0 Å². The molecule has 0 aromatic heterocycles. The van der Waals surface area contributed by atoms with Crippen LogP contribution in [-0.4, -0.2) is 41.7 Å². The van der Waals surface area contributed by atoms with Gasteiger partial charge in [-0.25, -0.2) is 4.39 Å². The molecule has 1 amide bonds. The van der Waals surface area contributed by atoms with Gasteiger partial charge in [-0.15, -0.1) is 0 Å². The average Bonchev–Trinajstić information content (AvgIpc) is 2.34. The lowest BCUT2D eigenvalue weighted by Gasteiger charge is -2.28. The summed E-state index contributed by atoms with van der Waals surface area (Å²) in [5, 5.41) is 9.42. The maximum absolute atomic E-state index is 13.6. The fraction of sp³-hybridized carbons (Fsp3) is 0.500. The van der Waals surface area contributed by atoms with Gasteiger partial charge in [-0.3, -0.25) is 4.79 Å². The lowest BCUT2D eigenvalue weighted by atomic mass is 10.1. The molecule has 1 aromatic carbocycles. The van der Waals surface area contributed by atoms with Gasteiger partial charge in [0, 0.05) is 18.2 Å². The van der Waals surface area contributed by atoms with Gasteiger partial charge in [-0.05, 0) is 39.0 Å². The summed E-state index contributed by atoms with van der Waals surface area (Å²) in [4.78, 5) is 13.8. The van der Waals surface area contributed by atoms with Crippen molar-refractivity contribution in [2.45, 2.75) is 32.9 Å². The summed E-state index contributed by atoms with van der Waals surface area (Å²) in [6.07, 6.45) is -0.630. The van der Waals surface area contributed by atoms with Crippen molar-refractivity contribution >= 4 is 5.91 Å². The molecule has 0 saturated heterocycles.